The molecule has 0 atom stereocenters. The molecule has 3 nitrogen and oxygen atoms in total. The normalized spacial score (nSPS) is 15.5. The number of rotatable bonds is 3. The van der Waals surface area contributed by atoms with E-state index in [1.54, 1.807) is 11.3 Å². The highest BCUT2D eigenvalue weighted by atomic mass is 32.1. The fourth-order valence-electron chi connectivity index (χ4n) is 2.09. The molecule has 0 unspecified atom stereocenters. The molecule has 17 heavy (non-hydrogen) atoms. The van der Waals surface area contributed by atoms with Crippen molar-refractivity contribution in [3.05, 3.63) is 21.4 Å². The number of nitrogens with one attached hydrogen (secondary N) is 1. The maximum Gasteiger partial charge on any atom is 0.252 e. The molecule has 4 heteroatoms. The van der Waals surface area contributed by atoms with Crippen LogP contribution in [0.15, 0.2) is 5.38 Å². The van der Waals surface area contributed by atoms with Gasteiger partial charge in [0.1, 0.15) is 0 Å². The highest BCUT2D eigenvalue weighted by Gasteiger charge is 2.21. The largest absolute Gasteiger partial charge is 0.350 e. The molecule has 0 aromatic carbocycles. The van der Waals surface area contributed by atoms with E-state index in [9.17, 15) is 4.79 Å². The van der Waals surface area contributed by atoms with Crippen molar-refractivity contribution in [3.8, 4) is 0 Å². The minimum Gasteiger partial charge on any atom is -0.350 e. The second kappa shape index (κ2) is 4.78. The van der Waals surface area contributed by atoms with Crippen molar-refractivity contribution in [2.24, 2.45) is 5.73 Å². The topological polar surface area (TPSA) is 55.1 Å². The second-order valence-electron chi connectivity index (χ2n) is 5.43. The highest BCUT2D eigenvalue weighted by molar-refractivity contribution is 7.10. The van der Waals surface area contributed by atoms with Crippen LogP contribution in [0.2, 0.25) is 0 Å². The average molecular weight is 252 g/mol. The van der Waals surface area contributed by atoms with Crippen molar-refractivity contribution >= 4 is 17.2 Å². The Kier molecular flexibility index (Phi) is 3.54. The lowest BCUT2D eigenvalue weighted by Gasteiger charge is -2.19. The standard InChI is InChI=1S/C13H20N2OS/c1-13(2,14)8-15-12(16)10-7-17-11-6-4-3-5-9(10)11/h7H,3-6,8,14H2,1-2H3,(H,15,16). The molecule has 0 aliphatic heterocycles. The molecule has 1 aromatic heterocycles. The molecule has 1 aromatic rings. The Labute approximate surface area is 106 Å². The molecule has 0 fully saturated rings. The van der Waals surface area contributed by atoms with Gasteiger partial charge in [-0.15, -0.1) is 11.3 Å². The van der Waals surface area contributed by atoms with Crippen LogP contribution in [-0.4, -0.2) is 18.0 Å². The molecule has 1 amide bonds. The van der Waals surface area contributed by atoms with Crippen molar-refractivity contribution in [2.75, 3.05) is 6.54 Å². The summed E-state index contributed by atoms with van der Waals surface area (Å²) in [5, 5.41) is 4.91. The molecule has 1 aliphatic rings. The summed E-state index contributed by atoms with van der Waals surface area (Å²) < 4.78 is 0. The molecule has 0 spiro atoms. The van der Waals surface area contributed by atoms with E-state index in [4.69, 9.17) is 5.73 Å². The van der Waals surface area contributed by atoms with Crippen LogP contribution in [0.3, 0.4) is 0 Å². The van der Waals surface area contributed by atoms with Crippen LogP contribution in [-0.2, 0) is 12.8 Å². The van der Waals surface area contributed by atoms with E-state index in [0.29, 0.717) is 6.54 Å². The van der Waals surface area contributed by atoms with Crippen LogP contribution >= 0.6 is 11.3 Å². The molecule has 0 saturated heterocycles. The highest BCUT2D eigenvalue weighted by Crippen LogP contribution is 2.30. The maximum atomic E-state index is 12.1. The first-order chi connectivity index (χ1) is 7.97. The first-order valence-corrected chi connectivity index (χ1v) is 7.02. The number of carbonyl (C=O) groups excluding carboxylic acids is 1. The number of thiophene rings is 1. The maximum absolute atomic E-state index is 12.1. The Balaban J connectivity index is 2.07. The summed E-state index contributed by atoms with van der Waals surface area (Å²) in [6, 6.07) is 0. The third-order valence-electron chi connectivity index (χ3n) is 3.01. The first kappa shape index (κ1) is 12.6. The molecule has 94 valence electrons. The lowest BCUT2D eigenvalue weighted by Crippen LogP contribution is -2.45. The predicted molar refractivity (Wildman–Crippen MR) is 71.6 cm³/mol. The molecule has 0 saturated carbocycles. The van der Waals surface area contributed by atoms with Gasteiger partial charge in [0.2, 0.25) is 0 Å². The van der Waals surface area contributed by atoms with Crippen LogP contribution in [0.1, 0.15) is 47.5 Å². The number of hydrogen-bond donors (Lipinski definition) is 2. The van der Waals surface area contributed by atoms with Gasteiger partial charge in [-0.2, -0.15) is 0 Å². The second-order valence-corrected chi connectivity index (χ2v) is 6.39. The zero-order chi connectivity index (χ0) is 12.5. The van der Waals surface area contributed by atoms with E-state index >= 15 is 0 Å². The molecule has 1 heterocycles. The average Bonchev–Trinajstić information content (AvgIpc) is 2.68. The van der Waals surface area contributed by atoms with Crippen LogP contribution in [0, 0.1) is 0 Å². The zero-order valence-corrected chi connectivity index (χ0v) is 11.3. The van der Waals surface area contributed by atoms with E-state index in [1.807, 2.05) is 19.2 Å². The number of fused-ring (bicyclic) bond motifs is 1. The smallest absolute Gasteiger partial charge is 0.252 e. The van der Waals surface area contributed by atoms with Crippen LogP contribution in [0.5, 0.6) is 0 Å². The van der Waals surface area contributed by atoms with Gasteiger partial charge in [0.05, 0.1) is 5.56 Å². The van der Waals surface area contributed by atoms with Crippen molar-refractivity contribution < 1.29 is 4.79 Å². The van der Waals surface area contributed by atoms with Crippen molar-refractivity contribution in [1.82, 2.24) is 5.32 Å². The van der Waals surface area contributed by atoms with Crippen LogP contribution < -0.4 is 11.1 Å². The Morgan fingerprint density at radius 3 is 2.88 bits per heavy atom. The van der Waals surface area contributed by atoms with E-state index in [-0.39, 0.29) is 11.4 Å². The fraction of sp³-hybridized carbons (Fsp3) is 0.615. The lowest BCUT2D eigenvalue weighted by molar-refractivity contribution is 0.0945. The summed E-state index contributed by atoms with van der Waals surface area (Å²) >= 11 is 1.72. The van der Waals surface area contributed by atoms with Gasteiger partial charge in [-0.3, -0.25) is 4.79 Å². The monoisotopic (exact) mass is 252 g/mol. The van der Waals surface area contributed by atoms with Gasteiger partial charge < -0.3 is 11.1 Å². The van der Waals surface area contributed by atoms with E-state index < -0.39 is 0 Å². The Morgan fingerprint density at radius 1 is 1.47 bits per heavy atom. The van der Waals surface area contributed by atoms with Gasteiger partial charge in [-0.05, 0) is 45.1 Å². The van der Waals surface area contributed by atoms with E-state index in [2.05, 4.69) is 5.32 Å². The molecular weight excluding hydrogens is 232 g/mol. The molecular formula is C13H20N2OS. The van der Waals surface area contributed by atoms with E-state index in [0.717, 1.165) is 18.4 Å². The molecule has 3 N–H and O–H groups in total. The minimum atomic E-state index is -0.355. The van der Waals surface area contributed by atoms with Gasteiger partial charge in [0.15, 0.2) is 0 Å². The third kappa shape index (κ3) is 3.07. The van der Waals surface area contributed by atoms with Crippen molar-refractivity contribution in [1.29, 1.82) is 0 Å². The number of amides is 1. The van der Waals surface area contributed by atoms with Crippen molar-refractivity contribution in [3.63, 3.8) is 0 Å². The number of carbonyl (C=O) groups is 1. The first-order valence-electron chi connectivity index (χ1n) is 6.14. The Morgan fingerprint density at radius 2 is 2.18 bits per heavy atom. The van der Waals surface area contributed by atoms with Crippen LogP contribution in [0.25, 0.3) is 0 Å². The minimum absolute atomic E-state index is 0.0305. The molecule has 0 bridgehead atoms. The Bertz CT molecular complexity index is 418. The Hall–Kier alpha value is -0.870. The van der Waals surface area contributed by atoms with Gasteiger partial charge in [-0.25, -0.2) is 0 Å². The SMILES string of the molecule is CC(C)(N)CNC(=O)c1csc2c1CCCC2. The van der Waals surface area contributed by atoms with Gasteiger partial charge >= 0.3 is 0 Å². The summed E-state index contributed by atoms with van der Waals surface area (Å²) in [6.07, 6.45) is 4.64. The summed E-state index contributed by atoms with van der Waals surface area (Å²) in [6.45, 7) is 4.34. The fourth-order valence-corrected chi connectivity index (χ4v) is 3.21. The summed E-state index contributed by atoms with van der Waals surface area (Å²) in [7, 11) is 0. The summed E-state index contributed by atoms with van der Waals surface area (Å²) in [5.41, 5.74) is 7.65. The van der Waals surface area contributed by atoms with Gasteiger partial charge in [0.25, 0.3) is 5.91 Å². The molecule has 1 aliphatic carbocycles. The summed E-state index contributed by atoms with van der Waals surface area (Å²) in [4.78, 5) is 13.5. The molecule has 2 rings (SSSR count). The van der Waals surface area contributed by atoms with Gasteiger partial charge in [0, 0.05) is 22.3 Å². The van der Waals surface area contributed by atoms with Crippen molar-refractivity contribution in [2.45, 2.75) is 45.1 Å². The third-order valence-corrected chi connectivity index (χ3v) is 4.10. The van der Waals surface area contributed by atoms with Gasteiger partial charge in [-0.1, -0.05) is 0 Å². The number of nitrogens with two attached hydrogens (primary N) is 1. The lowest BCUT2D eigenvalue weighted by atomic mass is 9.95. The van der Waals surface area contributed by atoms with Crippen LogP contribution in [0.4, 0.5) is 0 Å². The zero-order valence-electron chi connectivity index (χ0n) is 10.5. The summed E-state index contributed by atoms with van der Waals surface area (Å²) in [5.74, 6) is 0.0305. The number of hydrogen-bond acceptors (Lipinski definition) is 3. The number of aryl methyl sites for hydroxylation is 1. The predicted octanol–water partition coefficient (Wildman–Crippen LogP) is 2.09. The quantitative estimate of drug-likeness (QED) is 0.865. The molecule has 0 radical (unpaired) electrons. The van der Waals surface area contributed by atoms with E-state index in [1.165, 1.54) is 23.3 Å².